The first-order chi connectivity index (χ1) is 10.3. The summed E-state index contributed by atoms with van der Waals surface area (Å²) in [4.78, 5) is 0. The molecule has 0 fully saturated rings. The molecule has 0 aromatic heterocycles. The first-order valence-corrected chi connectivity index (χ1v) is 9.49. The lowest BCUT2D eigenvalue weighted by atomic mass is 10.0. The molecule has 22 heavy (non-hydrogen) atoms. The number of alkyl halides is 1. The Bertz CT molecular complexity index is 722. The van der Waals surface area contributed by atoms with E-state index in [1.165, 1.54) is 6.92 Å². The van der Waals surface area contributed by atoms with Gasteiger partial charge in [-0.3, -0.25) is 0 Å². The van der Waals surface area contributed by atoms with Gasteiger partial charge in [0, 0.05) is 5.75 Å². The summed E-state index contributed by atoms with van der Waals surface area (Å²) in [5.74, 6) is -0.0338. The fourth-order valence-electron chi connectivity index (χ4n) is 2.24. The zero-order valence-corrected chi connectivity index (χ0v) is 14.9. The highest BCUT2D eigenvalue weighted by atomic mass is 79.9. The van der Waals surface area contributed by atoms with Gasteiger partial charge in [0.1, 0.15) is 6.10 Å². The van der Waals surface area contributed by atoms with Gasteiger partial charge in [-0.25, -0.2) is 8.42 Å². The highest BCUT2D eigenvalue weighted by Gasteiger charge is 2.42. The highest BCUT2D eigenvalue weighted by Crippen LogP contribution is 2.39. The number of rotatable bonds is 5. The van der Waals surface area contributed by atoms with Crippen LogP contribution < -0.4 is 0 Å². The molecular formula is C17H19BrO3S. The average Bonchev–Trinajstić information content (AvgIpc) is 2.55. The summed E-state index contributed by atoms with van der Waals surface area (Å²) >= 11 is 3.19. The van der Waals surface area contributed by atoms with Crippen LogP contribution in [0.1, 0.15) is 25.5 Å². The number of halogens is 1. The van der Waals surface area contributed by atoms with Crippen LogP contribution >= 0.6 is 15.9 Å². The fourth-order valence-corrected chi connectivity index (χ4v) is 4.23. The average molecular weight is 383 g/mol. The van der Waals surface area contributed by atoms with Crippen LogP contribution in [0.3, 0.4) is 0 Å². The summed E-state index contributed by atoms with van der Waals surface area (Å²) in [5.41, 5.74) is 2.66. The van der Waals surface area contributed by atoms with E-state index in [1.807, 2.05) is 42.5 Å². The van der Waals surface area contributed by atoms with Crippen LogP contribution in [0, 0.1) is 0 Å². The standard InChI is InChI=1S/C17H19BrO3S/c1-3-22(20,21)17(2,18)16(19)15-11-9-14(10-12-15)13-7-5-4-6-8-13/h4-12,16,19H,3H2,1-2H3/t16-,17+/m0/s1. The van der Waals surface area contributed by atoms with Crippen LogP contribution in [0.5, 0.6) is 0 Å². The molecule has 0 heterocycles. The molecule has 0 aliphatic heterocycles. The van der Waals surface area contributed by atoms with Gasteiger partial charge in [0.15, 0.2) is 13.5 Å². The first kappa shape index (κ1) is 17.2. The minimum atomic E-state index is -3.44. The van der Waals surface area contributed by atoms with Crippen molar-refractivity contribution in [1.82, 2.24) is 0 Å². The van der Waals surface area contributed by atoms with Crippen LogP contribution in [-0.4, -0.2) is 22.9 Å². The van der Waals surface area contributed by atoms with Gasteiger partial charge in [-0.1, -0.05) is 77.5 Å². The maximum atomic E-state index is 12.1. The predicted octanol–water partition coefficient (Wildman–Crippen LogP) is 3.93. The number of hydrogen-bond donors (Lipinski definition) is 1. The van der Waals surface area contributed by atoms with E-state index in [0.717, 1.165) is 11.1 Å². The lowest BCUT2D eigenvalue weighted by Crippen LogP contribution is -2.36. The Labute approximate surface area is 140 Å². The van der Waals surface area contributed by atoms with Gasteiger partial charge < -0.3 is 5.11 Å². The Morgan fingerprint density at radius 2 is 1.55 bits per heavy atom. The van der Waals surface area contributed by atoms with Gasteiger partial charge in [0.25, 0.3) is 0 Å². The Hall–Kier alpha value is -1.17. The van der Waals surface area contributed by atoms with Crippen molar-refractivity contribution < 1.29 is 13.5 Å². The van der Waals surface area contributed by atoms with E-state index in [1.54, 1.807) is 19.1 Å². The molecule has 0 spiro atoms. The van der Waals surface area contributed by atoms with Gasteiger partial charge in [-0.15, -0.1) is 0 Å². The number of sulfone groups is 1. The van der Waals surface area contributed by atoms with E-state index in [0.29, 0.717) is 5.56 Å². The number of aliphatic hydroxyl groups excluding tert-OH is 1. The van der Waals surface area contributed by atoms with Crippen LogP contribution in [0.25, 0.3) is 11.1 Å². The number of hydrogen-bond acceptors (Lipinski definition) is 3. The molecule has 0 saturated heterocycles. The molecule has 2 atom stereocenters. The third-order valence-electron chi connectivity index (χ3n) is 3.81. The van der Waals surface area contributed by atoms with Crippen molar-refractivity contribution in [3.05, 3.63) is 60.2 Å². The zero-order chi connectivity index (χ0) is 16.4. The van der Waals surface area contributed by atoms with Crippen molar-refractivity contribution in [3.8, 4) is 11.1 Å². The molecule has 0 amide bonds. The second-order valence-corrected chi connectivity index (χ2v) is 10.1. The quantitative estimate of drug-likeness (QED) is 0.796. The molecular weight excluding hydrogens is 364 g/mol. The van der Waals surface area contributed by atoms with E-state index in [-0.39, 0.29) is 5.75 Å². The third kappa shape index (κ3) is 3.26. The Balaban J connectivity index is 2.31. The van der Waals surface area contributed by atoms with Gasteiger partial charge in [-0.2, -0.15) is 0 Å². The molecule has 0 aliphatic carbocycles. The minimum absolute atomic E-state index is 0.0338. The molecule has 118 valence electrons. The van der Waals surface area contributed by atoms with Crippen molar-refractivity contribution in [2.45, 2.75) is 23.6 Å². The van der Waals surface area contributed by atoms with E-state index in [9.17, 15) is 13.5 Å². The van der Waals surface area contributed by atoms with Crippen LogP contribution in [-0.2, 0) is 9.84 Å². The molecule has 2 rings (SSSR count). The molecule has 0 aliphatic rings. The molecule has 3 nitrogen and oxygen atoms in total. The monoisotopic (exact) mass is 382 g/mol. The van der Waals surface area contributed by atoms with E-state index in [2.05, 4.69) is 15.9 Å². The van der Waals surface area contributed by atoms with Crippen molar-refractivity contribution in [3.63, 3.8) is 0 Å². The third-order valence-corrected chi connectivity index (χ3v) is 7.92. The number of aliphatic hydroxyl groups is 1. The summed E-state index contributed by atoms with van der Waals surface area (Å²) in [6.45, 7) is 3.06. The Kier molecular flexibility index (Phi) is 5.10. The topological polar surface area (TPSA) is 54.4 Å². The molecule has 2 aromatic rings. The summed E-state index contributed by atoms with van der Waals surface area (Å²) in [6, 6.07) is 17.2. The van der Waals surface area contributed by atoms with Crippen molar-refractivity contribution in [1.29, 1.82) is 0 Å². The zero-order valence-electron chi connectivity index (χ0n) is 12.5. The predicted molar refractivity (Wildman–Crippen MR) is 93.6 cm³/mol. The number of benzene rings is 2. The van der Waals surface area contributed by atoms with E-state index < -0.39 is 19.6 Å². The summed E-state index contributed by atoms with van der Waals surface area (Å²) in [7, 11) is -3.44. The van der Waals surface area contributed by atoms with Gasteiger partial charge in [0.05, 0.1) is 0 Å². The highest BCUT2D eigenvalue weighted by molar-refractivity contribution is 9.11. The molecule has 0 radical (unpaired) electrons. The molecule has 5 heteroatoms. The summed E-state index contributed by atoms with van der Waals surface area (Å²) in [6.07, 6.45) is -1.14. The minimum Gasteiger partial charge on any atom is -0.386 e. The molecule has 0 unspecified atom stereocenters. The second kappa shape index (κ2) is 6.52. The normalized spacial score (nSPS) is 16.0. The van der Waals surface area contributed by atoms with Crippen LogP contribution in [0.4, 0.5) is 0 Å². The van der Waals surface area contributed by atoms with Gasteiger partial charge in [0.2, 0.25) is 0 Å². The molecule has 2 aromatic carbocycles. The van der Waals surface area contributed by atoms with Crippen molar-refractivity contribution >= 4 is 25.8 Å². The molecule has 0 bridgehead atoms. The van der Waals surface area contributed by atoms with Gasteiger partial charge in [-0.05, 0) is 23.6 Å². The maximum absolute atomic E-state index is 12.1. The first-order valence-electron chi connectivity index (χ1n) is 7.04. The van der Waals surface area contributed by atoms with Crippen LogP contribution in [0.15, 0.2) is 54.6 Å². The SMILES string of the molecule is CCS(=O)(=O)[C@@](C)(Br)[C@@H](O)c1ccc(-c2ccccc2)cc1. The Morgan fingerprint density at radius 1 is 1.05 bits per heavy atom. The smallest absolute Gasteiger partial charge is 0.168 e. The van der Waals surface area contributed by atoms with Gasteiger partial charge >= 0.3 is 0 Å². The maximum Gasteiger partial charge on any atom is 0.168 e. The molecule has 1 N–H and O–H groups in total. The summed E-state index contributed by atoms with van der Waals surface area (Å²) < 4.78 is 22.8. The second-order valence-electron chi connectivity index (χ2n) is 5.28. The fraction of sp³-hybridized carbons (Fsp3) is 0.294. The van der Waals surface area contributed by atoms with Crippen LogP contribution in [0.2, 0.25) is 0 Å². The lowest BCUT2D eigenvalue weighted by Gasteiger charge is -2.28. The van der Waals surface area contributed by atoms with Crippen molar-refractivity contribution in [2.24, 2.45) is 0 Å². The lowest BCUT2D eigenvalue weighted by molar-refractivity contribution is 0.167. The summed E-state index contributed by atoms with van der Waals surface area (Å²) in [5, 5.41) is 10.5. The van der Waals surface area contributed by atoms with Crippen molar-refractivity contribution in [2.75, 3.05) is 5.75 Å². The largest absolute Gasteiger partial charge is 0.386 e. The molecule has 0 saturated carbocycles. The Morgan fingerprint density at radius 3 is 2.05 bits per heavy atom. The van der Waals surface area contributed by atoms with E-state index >= 15 is 0 Å². The van der Waals surface area contributed by atoms with E-state index in [4.69, 9.17) is 0 Å².